The van der Waals surface area contributed by atoms with Crippen LogP contribution in [0.4, 0.5) is 0 Å². The average molecular weight is 240 g/mol. The van der Waals surface area contributed by atoms with E-state index in [0.29, 0.717) is 5.92 Å². The number of nitrogens with one attached hydrogen (secondary N) is 2. The van der Waals surface area contributed by atoms with Crippen LogP contribution in [-0.4, -0.2) is 37.7 Å². The van der Waals surface area contributed by atoms with Gasteiger partial charge in [0.15, 0.2) is 0 Å². The maximum absolute atomic E-state index is 12.2. The summed E-state index contributed by atoms with van der Waals surface area (Å²) in [4.78, 5) is 12.2. The summed E-state index contributed by atoms with van der Waals surface area (Å²) >= 11 is 0. The van der Waals surface area contributed by atoms with Gasteiger partial charge in [0.2, 0.25) is 5.91 Å². The van der Waals surface area contributed by atoms with Gasteiger partial charge >= 0.3 is 0 Å². The van der Waals surface area contributed by atoms with Crippen molar-refractivity contribution in [1.29, 1.82) is 0 Å². The van der Waals surface area contributed by atoms with Gasteiger partial charge in [-0.15, -0.1) is 0 Å². The van der Waals surface area contributed by atoms with Crippen LogP contribution in [0.3, 0.4) is 0 Å². The molecule has 4 unspecified atom stereocenters. The van der Waals surface area contributed by atoms with E-state index in [4.69, 9.17) is 4.74 Å². The normalized spacial score (nSPS) is 38.0. The predicted molar refractivity (Wildman–Crippen MR) is 66.8 cm³/mol. The molecule has 1 amide bonds. The number of carbonyl (C=O) groups excluding carboxylic acids is 1. The largest absolute Gasteiger partial charge is 0.379 e. The Morgan fingerprint density at radius 1 is 1.29 bits per heavy atom. The lowest BCUT2D eigenvalue weighted by molar-refractivity contribution is -0.126. The Hall–Kier alpha value is -0.610. The summed E-state index contributed by atoms with van der Waals surface area (Å²) in [5, 5.41) is 6.48. The van der Waals surface area contributed by atoms with Gasteiger partial charge in [0.05, 0.1) is 18.2 Å². The molecule has 1 aliphatic carbocycles. The minimum absolute atomic E-state index is 0.0122. The molecule has 0 aromatic heterocycles. The molecule has 0 aromatic carbocycles. The highest BCUT2D eigenvalue weighted by molar-refractivity contribution is 5.82. The molecule has 4 heteroatoms. The maximum Gasteiger partial charge on any atom is 0.237 e. The van der Waals surface area contributed by atoms with Crippen LogP contribution in [0.25, 0.3) is 0 Å². The number of amides is 1. The van der Waals surface area contributed by atoms with Gasteiger partial charge in [-0.25, -0.2) is 0 Å². The molecule has 0 radical (unpaired) electrons. The summed E-state index contributed by atoms with van der Waals surface area (Å²) in [6, 6.07) is 0.199. The third-order valence-electron chi connectivity index (χ3n) is 4.13. The van der Waals surface area contributed by atoms with Gasteiger partial charge in [-0.1, -0.05) is 6.92 Å². The summed E-state index contributed by atoms with van der Waals surface area (Å²) in [7, 11) is 1.73. The monoisotopic (exact) mass is 240 g/mol. The molecule has 0 bridgehead atoms. The molecule has 98 valence electrons. The van der Waals surface area contributed by atoms with Crippen molar-refractivity contribution in [1.82, 2.24) is 10.6 Å². The quantitative estimate of drug-likeness (QED) is 0.775. The maximum atomic E-state index is 12.2. The minimum Gasteiger partial charge on any atom is -0.379 e. The zero-order chi connectivity index (χ0) is 12.3. The summed E-state index contributed by atoms with van der Waals surface area (Å²) in [5.41, 5.74) is 0. The first-order valence-corrected chi connectivity index (χ1v) is 6.79. The van der Waals surface area contributed by atoms with Crippen molar-refractivity contribution >= 4 is 5.91 Å². The molecular weight excluding hydrogens is 216 g/mol. The van der Waals surface area contributed by atoms with Gasteiger partial charge in [-0.05, 0) is 44.6 Å². The highest BCUT2D eigenvalue weighted by atomic mass is 16.5. The van der Waals surface area contributed by atoms with Crippen LogP contribution in [0.2, 0.25) is 0 Å². The predicted octanol–water partition coefficient (Wildman–Crippen LogP) is 1.06. The summed E-state index contributed by atoms with van der Waals surface area (Å²) in [6.45, 7) is 3.11. The van der Waals surface area contributed by atoms with Crippen molar-refractivity contribution in [3.8, 4) is 0 Å². The highest BCUT2D eigenvalue weighted by Gasteiger charge is 2.33. The van der Waals surface area contributed by atoms with Crippen molar-refractivity contribution < 1.29 is 9.53 Å². The minimum atomic E-state index is -0.0122. The highest BCUT2D eigenvalue weighted by Crippen LogP contribution is 2.22. The number of hydrogen-bond acceptors (Lipinski definition) is 3. The standard InChI is InChI=1S/C13H24N2O2/c1-9-5-4-8-14-12(9)13(16)15-10-6-3-7-11(10)17-2/h9-12,14H,3-8H2,1-2H3,(H,15,16). The fraction of sp³-hybridized carbons (Fsp3) is 0.923. The third-order valence-corrected chi connectivity index (χ3v) is 4.13. The van der Waals surface area contributed by atoms with E-state index in [0.717, 1.165) is 32.2 Å². The van der Waals surface area contributed by atoms with Crippen LogP contribution in [0, 0.1) is 5.92 Å². The van der Waals surface area contributed by atoms with E-state index in [1.165, 1.54) is 6.42 Å². The van der Waals surface area contributed by atoms with Gasteiger partial charge in [0.1, 0.15) is 0 Å². The van der Waals surface area contributed by atoms with Crippen LogP contribution < -0.4 is 10.6 Å². The molecule has 2 N–H and O–H groups in total. The second-order valence-electron chi connectivity index (χ2n) is 5.37. The van der Waals surface area contributed by atoms with Gasteiger partial charge < -0.3 is 15.4 Å². The van der Waals surface area contributed by atoms with Gasteiger partial charge in [0, 0.05) is 7.11 Å². The fourth-order valence-corrected chi connectivity index (χ4v) is 3.05. The Kier molecular flexibility index (Phi) is 4.40. The van der Waals surface area contributed by atoms with Gasteiger partial charge in [-0.2, -0.15) is 0 Å². The molecule has 2 aliphatic rings. The van der Waals surface area contributed by atoms with Gasteiger partial charge in [-0.3, -0.25) is 4.79 Å². The Morgan fingerprint density at radius 3 is 2.82 bits per heavy atom. The van der Waals surface area contributed by atoms with E-state index >= 15 is 0 Å². The van der Waals surface area contributed by atoms with E-state index in [-0.39, 0.29) is 24.1 Å². The molecule has 1 aliphatic heterocycles. The number of methoxy groups -OCH3 is 1. The Morgan fingerprint density at radius 2 is 2.12 bits per heavy atom. The average Bonchev–Trinajstić information content (AvgIpc) is 2.76. The van der Waals surface area contributed by atoms with Gasteiger partial charge in [0.25, 0.3) is 0 Å². The van der Waals surface area contributed by atoms with E-state index in [1.54, 1.807) is 7.11 Å². The molecule has 2 rings (SSSR count). The lowest BCUT2D eigenvalue weighted by Crippen LogP contribution is -2.54. The number of hydrogen-bond donors (Lipinski definition) is 2. The van der Waals surface area contributed by atoms with Crippen LogP contribution in [-0.2, 0) is 9.53 Å². The van der Waals surface area contributed by atoms with Crippen LogP contribution in [0.1, 0.15) is 39.0 Å². The Bertz CT molecular complexity index is 270. The summed E-state index contributed by atoms with van der Waals surface area (Å²) in [5.74, 6) is 0.595. The first-order chi connectivity index (χ1) is 8.22. The number of ether oxygens (including phenoxy) is 1. The summed E-state index contributed by atoms with van der Waals surface area (Å²) < 4.78 is 5.40. The zero-order valence-corrected chi connectivity index (χ0v) is 10.9. The molecule has 1 saturated carbocycles. The van der Waals surface area contributed by atoms with Crippen molar-refractivity contribution in [2.75, 3.05) is 13.7 Å². The van der Waals surface area contributed by atoms with E-state index in [2.05, 4.69) is 17.6 Å². The van der Waals surface area contributed by atoms with Crippen molar-refractivity contribution in [2.24, 2.45) is 5.92 Å². The molecule has 0 spiro atoms. The number of piperidine rings is 1. The number of rotatable bonds is 3. The smallest absolute Gasteiger partial charge is 0.237 e. The van der Waals surface area contributed by atoms with Crippen LogP contribution >= 0.6 is 0 Å². The van der Waals surface area contributed by atoms with Crippen LogP contribution in [0.15, 0.2) is 0 Å². The van der Waals surface area contributed by atoms with E-state index in [9.17, 15) is 4.79 Å². The second-order valence-corrected chi connectivity index (χ2v) is 5.37. The molecule has 1 heterocycles. The van der Waals surface area contributed by atoms with Crippen LogP contribution in [0.5, 0.6) is 0 Å². The third kappa shape index (κ3) is 2.99. The molecule has 2 fully saturated rings. The van der Waals surface area contributed by atoms with Crippen molar-refractivity contribution in [3.05, 3.63) is 0 Å². The first-order valence-electron chi connectivity index (χ1n) is 6.79. The molecule has 4 nitrogen and oxygen atoms in total. The van der Waals surface area contributed by atoms with Crippen molar-refractivity contribution in [3.63, 3.8) is 0 Å². The lowest BCUT2D eigenvalue weighted by atomic mass is 9.92. The Balaban J connectivity index is 1.87. The molecular formula is C13H24N2O2. The SMILES string of the molecule is COC1CCCC1NC(=O)C1NCCCC1C. The first kappa shape index (κ1) is 12.8. The van der Waals surface area contributed by atoms with Crippen molar-refractivity contribution in [2.45, 2.75) is 57.2 Å². The molecule has 4 atom stereocenters. The topological polar surface area (TPSA) is 50.4 Å². The lowest BCUT2D eigenvalue weighted by Gasteiger charge is -2.31. The van der Waals surface area contributed by atoms with E-state index < -0.39 is 0 Å². The fourth-order valence-electron chi connectivity index (χ4n) is 3.05. The molecule has 17 heavy (non-hydrogen) atoms. The second kappa shape index (κ2) is 5.83. The number of carbonyl (C=O) groups is 1. The Labute approximate surface area is 103 Å². The summed E-state index contributed by atoms with van der Waals surface area (Å²) in [6.07, 6.45) is 5.79. The van der Waals surface area contributed by atoms with E-state index in [1.807, 2.05) is 0 Å². The zero-order valence-electron chi connectivity index (χ0n) is 10.9. The molecule has 0 aromatic rings. The molecule has 1 saturated heterocycles.